The van der Waals surface area contributed by atoms with Gasteiger partial charge >= 0.3 is 0 Å². The quantitative estimate of drug-likeness (QED) is 0.177. The van der Waals surface area contributed by atoms with E-state index in [2.05, 4.69) is 193 Å². The molecule has 1 nitrogen and oxygen atoms in total. The van der Waals surface area contributed by atoms with Gasteiger partial charge in [-0.15, -0.1) is 21.4 Å². The third kappa shape index (κ3) is 4.18. The van der Waals surface area contributed by atoms with Crippen LogP contribution in [-0.4, -0.2) is 0 Å². The smallest absolute Gasteiger partial charge is 0.0601 e. The Morgan fingerprint density at radius 1 is 0.558 bits per heavy atom. The Hall–Kier alpha value is -5.87. The molecule has 1 aliphatic carbocycles. The number of anilines is 3. The van der Waals surface area contributed by atoms with Crippen LogP contribution in [0.4, 0.5) is 17.1 Å². The van der Waals surface area contributed by atoms with Gasteiger partial charge in [0, 0.05) is 45.4 Å². The molecule has 246 valence electrons. The van der Waals surface area contributed by atoms with Crippen LogP contribution in [0, 0.1) is 0 Å². The molecule has 8 aromatic carbocycles. The molecule has 3 heteroatoms. The highest BCUT2D eigenvalue weighted by Gasteiger charge is 2.45. The van der Waals surface area contributed by atoms with E-state index in [0.29, 0.717) is 0 Å². The third-order valence-corrected chi connectivity index (χ3v) is 16.1. The van der Waals surface area contributed by atoms with E-state index in [1.807, 2.05) is 11.3 Å². The molecule has 9 aromatic rings. The average molecular weight is 700 g/mol. The Morgan fingerprint density at radius 3 is 2.04 bits per heavy atom. The number of para-hydroxylation sites is 1. The Bertz CT molecular complexity index is 2830. The van der Waals surface area contributed by atoms with Crippen LogP contribution in [0.2, 0.25) is 0 Å². The average Bonchev–Trinajstić information content (AvgIpc) is 3.60. The second-order valence-electron chi connectivity index (χ2n) is 13.6. The zero-order valence-electron chi connectivity index (χ0n) is 28.4. The molecule has 0 amide bonds. The van der Waals surface area contributed by atoms with Gasteiger partial charge in [-0.2, -0.15) is 0 Å². The summed E-state index contributed by atoms with van der Waals surface area (Å²) in [5.74, 6) is 0. The fourth-order valence-electron chi connectivity index (χ4n) is 8.75. The highest BCUT2D eigenvalue weighted by Crippen LogP contribution is 2.81. The van der Waals surface area contributed by atoms with Crippen molar-refractivity contribution in [2.24, 2.45) is 0 Å². The number of hydrogen-bond donors (Lipinski definition) is 0. The monoisotopic (exact) mass is 699 g/mol. The summed E-state index contributed by atoms with van der Waals surface area (Å²) in [6, 6.07) is 66.0. The summed E-state index contributed by atoms with van der Waals surface area (Å²) in [5, 5.41) is 5.33. The van der Waals surface area contributed by atoms with Crippen LogP contribution in [0.3, 0.4) is 0 Å². The SMILES string of the molecule is C1=Cc2cccc3cc4c(c(c23)C1)S(c1ccccc1)(c1ccccc1)c1ccc(-c2cccc3c2sc2ccccc23)cc1N4c1ccccc1. The molecule has 0 saturated carbocycles. The normalized spacial score (nSPS) is 14.7. The van der Waals surface area contributed by atoms with Gasteiger partial charge in [-0.1, -0.05) is 127 Å². The van der Waals surface area contributed by atoms with Crippen molar-refractivity contribution in [3.05, 3.63) is 193 Å². The Kier molecular flexibility index (Phi) is 6.64. The van der Waals surface area contributed by atoms with E-state index in [-0.39, 0.29) is 0 Å². The first-order chi connectivity index (χ1) is 25.8. The molecular formula is C49H33NS2. The van der Waals surface area contributed by atoms with E-state index < -0.39 is 10.0 Å². The van der Waals surface area contributed by atoms with Crippen molar-refractivity contribution in [3.63, 3.8) is 0 Å². The minimum Gasteiger partial charge on any atom is -0.308 e. The summed E-state index contributed by atoms with van der Waals surface area (Å²) in [5.41, 5.74) is 8.95. The molecule has 0 spiro atoms. The Balaban J connectivity index is 1.31. The number of fused-ring (bicyclic) bond motifs is 6. The molecule has 2 heterocycles. The van der Waals surface area contributed by atoms with Crippen LogP contribution in [0.5, 0.6) is 0 Å². The summed E-state index contributed by atoms with van der Waals surface area (Å²) >= 11 is 1.90. The number of nitrogens with zero attached hydrogens (tertiary/aromatic N) is 1. The van der Waals surface area contributed by atoms with E-state index in [1.165, 1.54) is 89.8 Å². The largest absolute Gasteiger partial charge is 0.308 e. The van der Waals surface area contributed by atoms with E-state index in [1.54, 1.807) is 0 Å². The van der Waals surface area contributed by atoms with Crippen LogP contribution in [-0.2, 0) is 6.42 Å². The molecule has 52 heavy (non-hydrogen) atoms. The lowest BCUT2D eigenvalue weighted by molar-refractivity contribution is 1.08. The van der Waals surface area contributed by atoms with Gasteiger partial charge in [0.2, 0.25) is 0 Å². The second-order valence-corrected chi connectivity index (χ2v) is 17.7. The van der Waals surface area contributed by atoms with Gasteiger partial charge in [-0.05, 0) is 100 Å². The zero-order chi connectivity index (χ0) is 34.2. The molecule has 0 radical (unpaired) electrons. The van der Waals surface area contributed by atoms with E-state index >= 15 is 0 Å². The maximum Gasteiger partial charge on any atom is 0.0601 e. The molecule has 1 aromatic heterocycles. The summed E-state index contributed by atoms with van der Waals surface area (Å²) in [7, 11) is -1.97. The van der Waals surface area contributed by atoms with Crippen LogP contribution in [0.15, 0.2) is 202 Å². The number of thiophene rings is 1. The highest BCUT2D eigenvalue weighted by atomic mass is 32.3. The van der Waals surface area contributed by atoms with Crippen molar-refractivity contribution in [2.45, 2.75) is 26.0 Å². The van der Waals surface area contributed by atoms with Gasteiger partial charge in [0.05, 0.1) is 11.4 Å². The molecule has 1 aliphatic heterocycles. The highest BCUT2D eigenvalue weighted by molar-refractivity contribution is 8.34. The van der Waals surface area contributed by atoms with Crippen molar-refractivity contribution >= 4 is 75.4 Å². The van der Waals surface area contributed by atoms with Crippen molar-refractivity contribution in [2.75, 3.05) is 4.90 Å². The van der Waals surface area contributed by atoms with Crippen molar-refractivity contribution in [1.29, 1.82) is 0 Å². The Labute approximate surface area is 309 Å². The summed E-state index contributed by atoms with van der Waals surface area (Å²) in [6.45, 7) is 0. The van der Waals surface area contributed by atoms with Gasteiger partial charge in [-0.3, -0.25) is 0 Å². The van der Waals surface area contributed by atoms with Crippen LogP contribution >= 0.6 is 21.4 Å². The topological polar surface area (TPSA) is 3.24 Å². The van der Waals surface area contributed by atoms with Gasteiger partial charge < -0.3 is 4.90 Å². The van der Waals surface area contributed by atoms with Crippen molar-refractivity contribution in [1.82, 2.24) is 0 Å². The summed E-state index contributed by atoms with van der Waals surface area (Å²) in [6.07, 6.45) is 5.58. The molecular weight excluding hydrogens is 667 g/mol. The van der Waals surface area contributed by atoms with Crippen molar-refractivity contribution in [3.8, 4) is 11.1 Å². The molecule has 2 aliphatic rings. The second kappa shape index (κ2) is 11.6. The maximum absolute atomic E-state index is 2.57. The van der Waals surface area contributed by atoms with Crippen molar-refractivity contribution < 1.29 is 0 Å². The zero-order valence-corrected chi connectivity index (χ0v) is 30.0. The number of allylic oxidation sites excluding steroid dienone is 1. The number of rotatable bonds is 4. The van der Waals surface area contributed by atoms with Gasteiger partial charge in [0.15, 0.2) is 0 Å². The standard InChI is InChI=1S/C49H33NS2/c1-4-18-36(19-5-1)50-43-31-34(39-25-14-26-41-40-24-10-11-28-45(40)51-48(39)41)29-30-46(43)52(37-20-6-2-7-21-37,38-22-8-3-9-23-38)49-42-27-13-16-33-15-12-17-35(47(33)42)32-44(49)50/h1-26,28-32H,27H2. The molecule has 0 bridgehead atoms. The Morgan fingerprint density at radius 2 is 1.25 bits per heavy atom. The predicted molar refractivity (Wildman–Crippen MR) is 223 cm³/mol. The van der Waals surface area contributed by atoms with Crippen LogP contribution in [0.25, 0.3) is 48.1 Å². The summed E-state index contributed by atoms with van der Waals surface area (Å²) in [4.78, 5) is 8.11. The van der Waals surface area contributed by atoms with Crippen LogP contribution in [0.1, 0.15) is 11.1 Å². The molecule has 11 rings (SSSR count). The molecule has 0 fully saturated rings. The lowest BCUT2D eigenvalue weighted by atomic mass is 9.91. The fraction of sp³-hybridized carbons (Fsp3) is 0.0204. The molecule has 0 N–H and O–H groups in total. The number of benzene rings is 8. The van der Waals surface area contributed by atoms with E-state index in [9.17, 15) is 0 Å². The minimum absolute atomic E-state index is 0.898. The van der Waals surface area contributed by atoms with Crippen LogP contribution < -0.4 is 4.90 Å². The lowest BCUT2D eigenvalue weighted by Crippen LogP contribution is -2.23. The first-order valence-corrected chi connectivity index (χ1v) is 20.3. The third-order valence-electron chi connectivity index (χ3n) is 10.8. The molecule has 0 unspecified atom stereocenters. The lowest BCUT2D eigenvalue weighted by Gasteiger charge is -2.51. The van der Waals surface area contributed by atoms with Gasteiger partial charge in [-0.25, -0.2) is 0 Å². The number of hydrogen-bond acceptors (Lipinski definition) is 2. The van der Waals surface area contributed by atoms with Gasteiger partial charge in [0.1, 0.15) is 0 Å². The minimum atomic E-state index is -1.97. The maximum atomic E-state index is 2.57. The first kappa shape index (κ1) is 29.8. The first-order valence-electron chi connectivity index (χ1n) is 17.9. The molecule has 0 atom stereocenters. The predicted octanol–water partition coefficient (Wildman–Crippen LogP) is 14.6. The van der Waals surface area contributed by atoms with E-state index in [0.717, 1.165) is 6.42 Å². The fourth-order valence-corrected chi connectivity index (χ4v) is 14.3. The van der Waals surface area contributed by atoms with E-state index in [4.69, 9.17) is 0 Å². The molecule has 0 saturated heterocycles. The summed E-state index contributed by atoms with van der Waals surface area (Å²) < 4.78 is 2.67. The van der Waals surface area contributed by atoms with Gasteiger partial charge in [0.25, 0.3) is 0 Å².